The number of imide groups is 1. The topological polar surface area (TPSA) is 84.9 Å². The largest absolute Gasteiger partial charge is 0.493 e. The maximum Gasteiger partial charge on any atom is 0.293 e. The molecule has 0 aromatic heterocycles. The normalized spacial score (nSPS) is 26.0. The SMILES string of the molecule is COc1ccc(/C=C2/SC(=O)N(CCNC(=O)C3CC4C=CC3C4)C2=O)cc1OC. The number of hydrogen-bond acceptors (Lipinski definition) is 6. The number of benzene rings is 1. The van der Waals surface area contributed by atoms with Crippen molar-refractivity contribution in [2.24, 2.45) is 17.8 Å². The van der Waals surface area contributed by atoms with Crippen molar-refractivity contribution in [3.63, 3.8) is 0 Å². The Bertz CT molecular complexity index is 941. The second-order valence-electron chi connectivity index (χ2n) is 7.63. The molecule has 1 aromatic rings. The summed E-state index contributed by atoms with van der Waals surface area (Å²) < 4.78 is 10.5. The molecule has 3 atom stereocenters. The fourth-order valence-corrected chi connectivity index (χ4v) is 5.16. The van der Waals surface area contributed by atoms with Crippen LogP contribution in [0.3, 0.4) is 0 Å². The fourth-order valence-electron chi connectivity index (χ4n) is 4.29. The number of rotatable bonds is 7. The van der Waals surface area contributed by atoms with Crippen LogP contribution in [0.25, 0.3) is 6.08 Å². The monoisotopic (exact) mass is 428 g/mol. The van der Waals surface area contributed by atoms with Gasteiger partial charge in [0.1, 0.15) is 0 Å². The van der Waals surface area contributed by atoms with Gasteiger partial charge < -0.3 is 14.8 Å². The van der Waals surface area contributed by atoms with E-state index in [9.17, 15) is 14.4 Å². The lowest BCUT2D eigenvalue weighted by molar-refractivity contribution is -0.127. The van der Waals surface area contributed by atoms with Crippen molar-refractivity contribution >= 4 is 34.9 Å². The van der Waals surface area contributed by atoms with Gasteiger partial charge in [0, 0.05) is 19.0 Å². The summed E-state index contributed by atoms with van der Waals surface area (Å²) in [5.41, 5.74) is 0.732. The Morgan fingerprint density at radius 3 is 2.67 bits per heavy atom. The van der Waals surface area contributed by atoms with E-state index in [1.54, 1.807) is 31.4 Å². The van der Waals surface area contributed by atoms with Crippen LogP contribution >= 0.6 is 11.8 Å². The van der Waals surface area contributed by atoms with Crippen molar-refractivity contribution in [1.29, 1.82) is 0 Å². The summed E-state index contributed by atoms with van der Waals surface area (Å²) in [5.74, 6) is 1.66. The second kappa shape index (κ2) is 8.55. The van der Waals surface area contributed by atoms with Crippen LogP contribution in [0.5, 0.6) is 11.5 Å². The molecule has 2 bridgehead atoms. The lowest BCUT2D eigenvalue weighted by Crippen LogP contribution is -2.40. The molecule has 1 aliphatic heterocycles. The van der Waals surface area contributed by atoms with Crippen LogP contribution in [0.2, 0.25) is 0 Å². The van der Waals surface area contributed by atoms with E-state index in [0.717, 1.165) is 30.2 Å². The number of allylic oxidation sites excluding steroid dienone is 2. The molecule has 1 saturated carbocycles. The van der Waals surface area contributed by atoms with E-state index in [1.165, 1.54) is 12.0 Å². The van der Waals surface area contributed by atoms with Crippen molar-refractivity contribution in [3.8, 4) is 11.5 Å². The predicted molar refractivity (Wildman–Crippen MR) is 114 cm³/mol. The summed E-state index contributed by atoms with van der Waals surface area (Å²) in [7, 11) is 3.09. The van der Waals surface area contributed by atoms with Crippen LogP contribution in [-0.2, 0) is 9.59 Å². The highest BCUT2D eigenvalue weighted by atomic mass is 32.2. The molecule has 8 heteroatoms. The Labute approximate surface area is 179 Å². The van der Waals surface area contributed by atoms with E-state index in [-0.39, 0.29) is 36.1 Å². The molecular weight excluding hydrogens is 404 g/mol. The number of fused-ring (bicyclic) bond motifs is 2. The van der Waals surface area contributed by atoms with E-state index in [0.29, 0.717) is 28.2 Å². The van der Waals surface area contributed by atoms with Crippen molar-refractivity contribution in [2.45, 2.75) is 12.8 Å². The van der Waals surface area contributed by atoms with E-state index >= 15 is 0 Å². The number of ether oxygens (including phenoxy) is 2. The molecular formula is C22H24N2O5S. The highest BCUT2D eigenvalue weighted by Crippen LogP contribution is 2.43. The summed E-state index contributed by atoms with van der Waals surface area (Å²) in [4.78, 5) is 38.9. The maximum absolute atomic E-state index is 12.7. The van der Waals surface area contributed by atoms with Gasteiger partial charge in [-0.15, -0.1) is 0 Å². The van der Waals surface area contributed by atoms with Gasteiger partial charge in [0.25, 0.3) is 11.1 Å². The van der Waals surface area contributed by atoms with Gasteiger partial charge in [-0.1, -0.05) is 18.2 Å². The molecule has 0 radical (unpaired) electrons. The number of hydrogen-bond donors (Lipinski definition) is 1. The van der Waals surface area contributed by atoms with E-state index < -0.39 is 0 Å². The van der Waals surface area contributed by atoms with Crippen LogP contribution in [-0.4, -0.2) is 49.3 Å². The smallest absolute Gasteiger partial charge is 0.293 e. The summed E-state index contributed by atoms with van der Waals surface area (Å²) in [6.07, 6.45) is 7.94. The van der Waals surface area contributed by atoms with Gasteiger partial charge in [-0.3, -0.25) is 19.3 Å². The molecule has 1 heterocycles. The molecule has 2 fully saturated rings. The van der Waals surface area contributed by atoms with E-state index in [2.05, 4.69) is 17.5 Å². The van der Waals surface area contributed by atoms with E-state index in [4.69, 9.17) is 9.47 Å². The van der Waals surface area contributed by atoms with Crippen LogP contribution in [0.15, 0.2) is 35.3 Å². The molecule has 4 rings (SSSR count). The highest BCUT2D eigenvalue weighted by Gasteiger charge is 2.40. The number of thioether (sulfide) groups is 1. The Morgan fingerprint density at radius 1 is 1.20 bits per heavy atom. The third-order valence-corrected chi connectivity index (χ3v) is 6.74. The minimum Gasteiger partial charge on any atom is -0.493 e. The van der Waals surface area contributed by atoms with Crippen LogP contribution in [0.1, 0.15) is 18.4 Å². The van der Waals surface area contributed by atoms with Crippen LogP contribution in [0.4, 0.5) is 4.79 Å². The fraction of sp³-hybridized carbons (Fsp3) is 0.409. The van der Waals surface area contributed by atoms with Gasteiger partial charge >= 0.3 is 0 Å². The summed E-state index contributed by atoms with van der Waals surface area (Å²) in [5, 5.41) is 2.56. The average Bonchev–Trinajstić information content (AvgIpc) is 3.45. The number of amides is 3. The van der Waals surface area contributed by atoms with Gasteiger partial charge in [0.05, 0.1) is 19.1 Å². The van der Waals surface area contributed by atoms with Gasteiger partial charge in [-0.2, -0.15) is 0 Å². The molecule has 1 aromatic carbocycles. The molecule has 1 saturated heterocycles. The third-order valence-electron chi connectivity index (χ3n) is 5.83. The molecule has 7 nitrogen and oxygen atoms in total. The molecule has 2 aliphatic carbocycles. The Morgan fingerprint density at radius 2 is 2.00 bits per heavy atom. The molecule has 0 spiro atoms. The molecule has 30 heavy (non-hydrogen) atoms. The number of methoxy groups -OCH3 is 2. The molecule has 158 valence electrons. The zero-order valence-electron chi connectivity index (χ0n) is 16.9. The summed E-state index contributed by atoms with van der Waals surface area (Å²) in [6, 6.07) is 5.28. The Kier molecular flexibility index (Phi) is 5.85. The Hall–Kier alpha value is -2.74. The first-order valence-electron chi connectivity index (χ1n) is 9.93. The number of carbonyl (C=O) groups is 3. The highest BCUT2D eigenvalue weighted by molar-refractivity contribution is 8.18. The van der Waals surface area contributed by atoms with Gasteiger partial charge in [0.2, 0.25) is 5.91 Å². The number of nitrogens with zero attached hydrogens (tertiary/aromatic N) is 1. The molecule has 3 aliphatic rings. The minimum absolute atomic E-state index is 0.0136. The molecule has 3 unspecified atom stereocenters. The van der Waals surface area contributed by atoms with Crippen LogP contribution < -0.4 is 14.8 Å². The van der Waals surface area contributed by atoms with Crippen molar-refractivity contribution in [1.82, 2.24) is 10.2 Å². The first-order chi connectivity index (χ1) is 14.5. The predicted octanol–water partition coefficient (Wildman–Crippen LogP) is 3.07. The lowest BCUT2D eigenvalue weighted by atomic mass is 9.93. The second-order valence-corrected chi connectivity index (χ2v) is 8.62. The van der Waals surface area contributed by atoms with Crippen LogP contribution in [0, 0.1) is 17.8 Å². The summed E-state index contributed by atoms with van der Waals surface area (Å²) >= 11 is 0.899. The zero-order valence-corrected chi connectivity index (χ0v) is 17.7. The first-order valence-corrected chi connectivity index (χ1v) is 10.7. The quantitative estimate of drug-likeness (QED) is 0.531. The van der Waals surface area contributed by atoms with Gasteiger partial charge in [-0.05, 0) is 60.2 Å². The van der Waals surface area contributed by atoms with Gasteiger partial charge in [-0.25, -0.2) is 0 Å². The van der Waals surface area contributed by atoms with Crippen molar-refractivity contribution < 1.29 is 23.9 Å². The standard InChI is InChI=1S/C22H24N2O5S/c1-28-17-6-4-14(11-18(17)29-2)12-19-21(26)24(22(27)30-19)8-7-23-20(25)16-10-13-3-5-15(16)9-13/h3-6,11-13,15-16H,7-10H2,1-2H3,(H,23,25)/b19-12+. The number of carbonyl (C=O) groups excluding carboxylic acids is 3. The van der Waals surface area contributed by atoms with E-state index in [1.807, 2.05) is 0 Å². The third kappa shape index (κ3) is 3.96. The average molecular weight is 429 g/mol. The maximum atomic E-state index is 12.7. The Balaban J connectivity index is 1.35. The van der Waals surface area contributed by atoms with Gasteiger partial charge in [0.15, 0.2) is 11.5 Å². The van der Waals surface area contributed by atoms with Crippen molar-refractivity contribution in [3.05, 3.63) is 40.8 Å². The lowest BCUT2D eigenvalue weighted by Gasteiger charge is -2.19. The molecule has 3 amide bonds. The minimum atomic E-state index is -0.350. The first kappa shape index (κ1) is 20.5. The van der Waals surface area contributed by atoms with Crippen molar-refractivity contribution in [2.75, 3.05) is 27.3 Å². The summed E-state index contributed by atoms with van der Waals surface area (Å²) in [6.45, 7) is 0.425. The zero-order chi connectivity index (χ0) is 21.3. The number of nitrogens with one attached hydrogen (secondary N) is 1. The molecule has 1 N–H and O–H groups in total.